The molecule has 2 heterocycles. The van der Waals surface area contributed by atoms with Crippen LogP contribution in [0.25, 0.3) is 0 Å². The summed E-state index contributed by atoms with van der Waals surface area (Å²) in [5, 5.41) is 0. The fourth-order valence-electron chi connectivity index (χ4n) is 4.19. The Morgan fingerprint density at radius 2 is 1.88 bits per heavy atom. The van der Waals surface area contributed by atoms with Gasteiger partial charge in [0, 0.05) is 12.1 Å². The number of piperidine rings is 1. The van der Waals surface area contributed by atoms with Crippen LogP contribution in [0.4, 0.5) is 5.69 Å². The Bertz CT molecular complexity index is 958. The van der Waals surface area contributed by atoms with E-state index in [1.807, 2.05) is 18.7 Å². The van der Waals surface area contributed by atoms with E-state index in [0.717, 1.165) is 9.80 Å². The molecule has 0 aliphatic carbocycles. The zero-order valence-corrected chi connectivity index (χ0v) is 18.5. The largest absolute Gasteiger partial charge is 0.463 e. The Labute approximate surface area is 186 Å². The number of hydrogen-bond donors (Lipinski definition) is 1. The van der Waals surface area contributed by atoms with Crippen LogP contribution in [0.2, 0.25) is 0 Å². The van der Waals surface area contributed by atoms with Gasteiger partial charge >= 0.3 is 5.97 Å². The zero-order valence-electron chi connectivity index (χ0n) is 18.5. The molecule has 0 saturated carbocycles. The number of imide groups is 2. The number of benzene rings is 1. The molecular formula is C22H28N4O6. The second-order valence-electron chi connectivity index (χ2n) is 7.75. The topological polar surface area (TPSA) is 130 Å². The molecule has 2 aliphatic heterocycles. The van der Waals surface area contributed by atoms with Crippen molar-refractivity contribution in [1.82, 2.24) is 14.7 Å². The monoisotopic (exact) mass is 444 g/mol. The maximum atomic E-state index is 13.0. The van der Waals surface area contributed by atoms with E-state index in [9.17, 15) is 24.0 Å². The highest BCUT2D eigenvalue weighted by atomic mass is 16.5. The molecule has 3 rings (SSSR count). The van der Waals surface area contributed by atoms with Crippen molar-refractivity contribution in [1.29, 1.82) is 0 Å². The highest BCUT2D eigenvalue weighted by Crippen LogP contribution is 2.32. The quantitative estimate of drug-likeness (QED) is 0.351. The number of nitrogens with two attached hydrogens (primary N) is 1. The first kappa shape index (κ1) is 23.4. The molecule has 32 heavy (non-hydrogen) atoms. The number of hydrogen-bond acceptors (Lipinski definition) is 8. The van der Waals surface area contributed by atoms with Crippen molar-refractivity contribution in [3.63, 3.8) is 0 Å². The summed E-state index contributed by atoms with van der Waals surface area (Å²) in [4.78, 5) is 67.1. The number of ether oxygens (including phenoxy) is 1. The van der Waals surface area contributed by atoms with Crippen molar-refractivity contribution >= 4 is 35.3 Å². The maximum Gasteiger partial charge on any atom is 0.323 e. The first-order chi connectivity index (χ1) is 15.2. The second kappa shape index (κ2) is 9.47. The third kappa shape index (κ3) is 4.10. The minimum atomic E-state index is -1.11. The highest BCUT2D eigenvalue weighted by molar-refractivity contribution is 6.25. The van der Waals surface area contributed by atoms with Gasteiger partial charge in [-0.05, 0) is 38.6 Å². The summed E-state index contributed by atoms with van der Waals surface area (Å²) in [6, 6.07) is 3.01. The molecule has 10 nitrogen and oxygen atoms in total. The molecule has 2 aliphatic rings. The van der Waals surface area contributed by atoms with Gasteiger partial charge in [0.2, 0.25) is 5.91 Å². The van der Waals surface area contributed by atoms with Crippen molar-refractivity contribution in [2.75, 3.05) is 32.0 Å². The molecule has 2 atom stereocenters. The average Bonchev–Trinajstić information content (AvgIpc) is 3.02. The standard InChI is InChI=1S/C22H28N4O6/c1-4-24(5-2)13(3)22(31)32-12-11-25-17(27)10-9-16(20(25)29)26-19(28)14-7-6-8-15(23)18(14)21(26)30/h6-8,13,16H,4-5,9-12,23H2,1-3H3/t13-,16?/m0/s1. The lowest BCUT2D eigenvalue weighted by atomic mass is 10.0. The van der Waals surface area contributed by atoms with Crippen molar-refractivity contribution in [2.45, 2.75) is 45.7 Å². The molecular weight excluding hydrogens is 416 g/mol. The van der Waals surface area contributed by atoms with Gasteiger partial charge in [0.15, 0.2) is 0 Å². The number of fused-ring (bicyclic) bond motifs is 1. The van der Waals surface area contributed by atoms with E-state index < -0.39 is 41.7 Å². The lowest BCUT2D eigenvalue weighted by molar-refractivity contribution is -0.157. The Balaban J connectivity index is 1.68. The molecule has 0 spiro atoms. The smallest absolute Gasteiger partial charge is 0.323 e. The molecule has 172 valence electrons. The van der Waals surface area contributed by atoms with Gasteiger partial charge in [-0.3, -0.25) is 38.7 Å². The lowest BCUT2D eigenvalue weighted by Gasteiger charge is -2.34. The molecule has 1 aromatic rings. The Hall–Kier alpha value is -3.27. The summed E-state index contributed by atoms with van der Waals surface area (Å²) < 4.78 is 5.27. The van der Waals surface area contributed by atoms with E-state index in [4.69, 9.17) is 10.5 Å². The van der Waals surface area contributed by atoms with Crippen LogP contribution in [0, 0.1) is 0 Å². The summed E-state index contributed by atoms with van der Waals surface area (Å²) >= 11 is 0. The number of nitrogens with zero attached hydrogens (tertiary/aromatic N) is 3. The number of likely N-dealkylation sites (N-methyl/N-ethyl adjacent to an activating group) is 1. The molecule has 4 amide bonds. The molecule has 0 bridgehead atoms. The van der Waals surface area contributed by atoms with Crippen LogP contribution in [0.5, 0.6) is 0 Å². The van der Waals surface area contributed by atoms with Crippen LogP contribution in [-0.2, 0) is 19.1 Å². The van der Waals surface area contributed by atoms with Gasteiger partial charge in [-0.25, -0.2) is 0 Å². The van der Waals surface area contributed by atoms with Crippen molar-refractivity contribution < 1.29 is 28.7 Å². The van der Waals surface area contributed by atoms with E-state index in [1.165, 1.54) is 12.1 Å². The number of amides is 4. The van der Waals surface area contributed by atoms with Gasteiger partial charge in [-0.15, -0.1) is 0 Å². The van der Waals surface area contributed by atoms with Gasteiger partial charge < -0.3 is 10.5 Å². The highest BCUT2D eigenvalue weighted by Gasteiger charge is 2.47. The summed E-state index contributed by atoms with van der Waals surface area (Å²) in [6.07, 6.45) is 0.0292. The predicted octanol–water partition coefficient (Wildman–Crippen LogP) is 0.656. The zero-order chi connectivity index (χ0) is 23.6. The van der Waals surface area contributed by atoms with Crippen LogP contribution in [-0.4, -0.2) is 82.6 Å². The third-order valence-corrected chi connectivity index (χ3v) is 6.03. The normalized spacial score (nSPS) is 19.6. The Morgan fingerprint density at radius 1 is 1.19 bits per heavy atom. The van der Waals surface area contributed by atoms with E-state index in [1.54, 1.807) is 13.0 Å². The molecule has 1 fully saturated rings. The maximum absolute atomic E-state index is 13.0. The number of carbonyl (C=O) groups is 5. The molecule has 1 saturated heterocycles. The van der Waals surface area contributed by atoms with E-state index in [2.05, 4.69) is 0 Å². The summed E-state index contributed by atoms with van der Waals surface area (Å²) in [5.74, 6) is -2.80. The minimum Gasteiger partial charge on any atom is -0.463 e. The number of rotatable bonds is 8. The second-order valence-corrected chi connectivity index (χ2v) is 7.75. The molecule has 1 unspecified atom stereocenters. The van der Waals surface area contributed by atoms with Gasteiger partial charge in [0.25, 0.3) is 17.7 Å². The fraction of sp³-hybridized carbons (Fsp3) is 0.500. The molecule has 0 aromatic heterocycles. The fourth-order valence-corrected chi connectivity index (χ4v) is 4.19. The van der Waals surface area contributed by atoms with E-state index >= 15 is 0 Å². The Kier molecular flexibility index (Phi) is 6.93. The van der Waals surface area contributed by atoms with E-state index in [-0.39, 0.29) is 42.8 Å². The van der Waals surface area contributed by atoms with Crippen LogP contribution in [0.1, 0.15) is 54.3 Å². The number of likely N-dealkylation sites (tertiary alicyclic amines) is 1. The summed E-state index contributed by atoms with van der Waals surface area (Å²) in [5.41, 5.74) is 6.24. The van der Waals surface area contributed by atoms with Crippen molar-refractivity contribution in [3.8, 4) is 0 Å². The minimum absolute atomic E-state index is 0.0108. The molecule has 0 radical (unpaired) electrons. The van der Waals surface area contributed by atoms with Crippen LogP contribution < -0.4 is 5.73 Å². The van der Waals surface area contributed by atoms with E-state index in [0.29, 0.717) is 13.1 Å². The number of carbonyl (C=O) groups excluding carboxylic acids is 5. The SMILES string of the molecule is CCN(CC)[C@@H](C)C(=O)OCCN1C(=O)CCC(N2C(=O)c3cccc(N)c3C2=O)C1=O. The first-order valence-electron chi connectivity index (χ1n) is 10.7. The number of esters is 1. The number of anilines is 1. The van der Waals surface area contributed by atoms with Gasteiger partial charge in [0.05, 0.1) is 17.7 Å². The third-order valence-electron chi connectivity index (χ3n) is 6.03. The van der Waals surface area contributed by atoms with Gasteiger partial charge in [-0.1, -0.05) is 19.9 Å². The van der Waals surface area contributed by atoms with Crippen molar-refractivity contribution in [2.24, 2.45) is 0 Å². The van der Waals surface area contributed by atoms with Crippen LogP contribution in [0.15, 0.2) is 18.2 Å². The summed E-state index contributed by atoms with van der Waals surface area (Å²) in [7, 11) is 0. The molecule has 2 N–H and O–H groups in total. The van der Waals surface area contributed by atoms with Crippen molar-refractivity contribution in [3.05, 3.63) is 29.3 Å². The molecule has 10 heteroatoms. The molecule has 1 aromatic carbocycles. The van der Waals surface area contributed by atoms with Crippen LogP contribution >= 0.6 is 0 Å². The first-order valence-corrected chi connectivity index (χ1v) is 10.7. The van der Waals surface area contributed by atoms with Gasteiger partial charge in [0.1, 0.15) is 18.7 Å². The number of nitrogen functional groups attached to an aromatic ring is 1. The average molecular weight is 444 g/mol. The Morgan fingerprint density at radius 3 is 2.50 bits per heavy atom. The predicted molar refractivity (Wildman–Crippen MR) is 114 cm³/mol. The van der Waals surface area contributed by atoms with Crippen LogP contribution in [0.3, 0.4) is 0 Å². The van der Waals surface area contributed by atoms with Gasteiger partial charge in [-0.2, -0.15) is 0 Å². The summed E-state index contributed by atoms with van der Waals surface area (Å²) in [6.45, 7) is 6.66. The lowest BCUT2D eigenvalue weighted by Crippen LogP contribution is -2.56.